The molecule has 2 rings (SSSR count). The number of hydrogen-bond acceptors (Lipinski definition) is 4. The Morgan fingerprint density at radius 3 is 2.89 bits per heavy atom. The Morgan fingerprint density at radius 1 is 1.42 bits per heavy atom. The van der Waals surface area contributed by atoms with E-state index in [-0.39, 0.29) is 11.9 Å². The van der Waals surface area contributed by atoms with E-state index in [9.17, 15) is 4.39 Å². The fraction of sp³-hybridized carbons (Fsp3) is 0.500. The summed E-state index contributed by atoms with van der Waals surface area (Å²) in [7, 11) is 0. The zero-order chi connectivity index (χ0) is 13.8. The normalized spacial score (nSPS) is 13.1. The third kappa shape index (κ3) is 3.64. The molecular weight excluding hydrogens is 263 g/mol. The van der Waals surface area contributed by atoms with Crippen molar-refractivity contribution in [3.63, 3.8) is 0 Å². The fourth-order valence-corrected chi connectivity index (χ4v) is 2.72. The molecule has 0 spiro atoms. The van der Waals surface area contributed by atoms with Crippen LogP contribution >= 0.6 is 11.3 Å². The van der Waals surface area contributed by atoms with Gasteiger partial charge >= 0.3 is 0 Å². The first-order valence-electron chi connectivity index (χ1n) is 6.50. The number of fused-ring (bicyclic) bond motifs is 1. The lowest BCUT2D eigenvalue weighted by Crippen LogP contribution is -2.30. The topological polar surface area (TPSA) is 34.1 Å². The molecule has 0 aliphatic heterocycles. The summed E-state index contributed by atoms with van der Waals surface area (Å²) in [5.74, 6) is 0.215. The number of benzene rings is 1. The van der Waals surface area contributed by atoms with Crippen LogP contribution in [0.3, 0.4) is 0 Å². The second-order valence-corrected chi connectivity index (χ2v) is 5.82. The van der Waals surface area contributed by atoms with Crippen LogP contribution in [0.5, 0.6) is 0 Å². The molecule has 0 aliphatic carbocycles. The minimum Gasteiger partial charge on any atom is -0.380 e. The number of nitrogens with zero attached hydrogens (tertiary/aromatic N) is 1. The monoisotopic (exact) mass is 282 g/mol. The average molecular weight is 282 g/mol. The van der Waals surface area contributed by atoms with Gasteiger partial charge in [-0.3, -0.25) is 0 Å². The molecule has 0 radical (unpaired) electrons. The van der Waals surface area contributed by atoms with Crippen molar-refractivity contribution >= 4 is 26.7 Å². The zero-order valence-corrected chi connectivity index (χ0v) is 12.3. The van der Waals surface area contributed by atoms with Gasteiger partial charge in [0.2, 0.25) is 0 Å². The van der Waals surface area contributed by atoms with Crippen molar-refractivity contribution in [2.75, 3.05) is 18.5 Å². The van der Waals surface area contributed by atoms with Crippen LogP contribution < -0.4 is 5.32 Å². The SMILES string of the molecule is CCOCC(Nc1nc2ccc(F)cc2s1)C(C)C. The molecule has 104 valence electrons. The highest BCUT2D eigenvalue weighted by Crippen LogP contribution is 2.27. The van der Waals surface area contributed by atoms with E-state index in [0.717, 1.165) is 15.3 Å². The largest absolute Gasteiger partial charge is 0.380 e. The van der Waals surface area contributed by atoms with E-state index in [2.05, 4.69) is 24.1 Å². The molecule has 1 aromatic heterocycles. The number of anilines is 1. The first-order valence-corrected chi connectivity index (χ1v) is 7.32. The molecular formula is C14H19FN2OS. The van der Waals surface area contributed by atoms with Crippen molar-refractivity contribution in [3.8, 4) is 0 Å². The van der Waals surface area contributed by atoms with Gasteiger partial charge in [0.1, 0.15) is 5.82 Å². The summed E-state index contributed by atoms with van der Waals surface area (Å²) in [6, 6.07) is 4.88. The average Bonchev–Trinajstić information content (AvgIpc) is 2.75. The highest BCUT2D eigenvalue weighted by molar-refractivity contribution is 7.22. The van der Waals surface area contributed by atoms with Gasteiger partial charge in [-0.05, 0) is 31.0 Å². The van der Waals surface area contributed by atoms with Gasteiger partial charge in [-0.1, -0.05) is 25.2 Å². The number of hydrogen-bond donors (Lipinski definition) is 1. The molecule has 0 saturated carbocycles. The van der Waals surface area contributed by atoms with Crippen molar-refractivity contribution in [3.05, 3.63) is 24.0 Å². The van der Waals surface area contributed by atoms with Crippen LogP contribution in [0.2, 0.25) is 0 Å². The quantitative estimate of drug-likeness (QED) is 0.872. The Balaban J connectivity index is 2.14. The molecule has 1 N–H and O–H groups in total. The van der Waals surface area contributed by atoms with E-state index in [4.69, 9.17) is 4.74 Å². The van der Waals surface area contributed by atoms with Gasteiger partial charge < -0.3 is 10.1 Å². The molecule has 2 aromatic rings. The lowest BCUT2D eigenvalue weighted by Gasteiger charge is -2.21. The van der Waals surface area contributed by atoms with E-state index in [1.54, 1.807) is 6.07 Å². The number of aromatic nitrogens is 1. The van der Waals surface area contributed by atoms with Crippen LogP contribution in [0.1, 0.15) is 20.8 Å². The predicted octanol–water partition coefficient (Wildman–Crippen LogP) is 3.91. The molecule has 1 aromatic carbocycles. The molecule has 19 heavy (non-hydrogen) atoms. The summed E-state index contributed by atoms with van der Waals surface area (Å²) in [5, 5.41) is 4.20. The van der Waals surface area contributed by atoms with Crippen molar-refractivity contribution < 1.29 is 9.13 Å². The molecule has 0 aliphatic rings. The number of ether oxygens (including phenoxy) is 1. The minimum atomic E-state index is -0.225. The summed E-state index contributed by atoms with van der Waals surface area (Å²) >= 11 is 1.47. The zero-order valence-electron chi connectivity index (χ0n) is 11.4. The molecule has 0 saturated heterocycles. The number of halogens is 1. The van der Waals surface area contributed by atoms with Gasteiger partial charge in [-0.25, -0.2) is 9.37 Å². The Morgan fingerprint density at radius 2 is 2.21 bits per heavy atom. The van der Waals surface area contributed by atoms with E-state index in [1.165, 1.54) is 23.5 Å². The lowest BCUT2D eigenvalue weighted by molar-refractivity contribution is 0.127. The highest BCUT2D eigenvalue weighted by atomic mass is 32.1. The first kappa shape index (κ1) is 14.2. The molecule has 1 heterocycles. The Labute approximate surface area is 116 Å². The maximum atomic E-state index is 13.1. The van der Waals surface area contributed by atoms with Gasteiger partial charge in [0.05, 0.1) is 22.9 Å². The number of thiazole rings is 1. The van der Waals surface area contributed by atoms with E-state index < -0.39 is 0 Å². The van der Waals surface area contributed by atoms with Gasteiger partial charge in [0.25, 0.3) is 0 Å². The highest BCUT2D eigenvalue weighted by Gasteiger charge is 2.15. The molecule has 0 bridgehead atoms. The third-order valence-corrected chi connectivity index (χ3v) is 3.92. The second-order valence-electron chi connectivity index (χ2n) is 4.79. The summed E-state index contributed by atoms with van der Waals surface area (Å²) in [6.07, 6.45) is 0. The van der Waals surface area contributed by atoms with Gasteiger partial charge in [-0.15, -0.1) is 0 Å². The molecule has 5 heteroatoms. The predicted molar refractivity (Wildman–Crippen MR) is 78.3 cm³/mol. The fourth-order valence-electron chi connectivity index (χ4n) is 1.76. The lowest BCUT2D eigenvalue weighted by atomic mass is 10.1. The van der Waals surface area contributed by atoms with Crippen LogP contribution in [-0.2, 0) is 4.74 Å². The standard InChI is InChI=1S/C14H19FN2OS/c1-4-18-8-12(9(2)3)17-14-16-11-6-5-10(15)7-13(11)19-14/h5-7,9,12H,4,8H2,1-3H3,(H,16,17). The third-order valence-electron chi connectivity index (χ3n) is 2.97. The second kappa shape index (κ2) is 6.30. The van der Waals surface area contributed by atoms with E-state index >= 15 is 0 Å². The van der Waals surface area contributed by atoms with Crippen LogP contribution in [0, 0.1) is 11.7 Å². The van der Waals surface area contributed by atoms with Gasteiger partial charge in [0, 0.05) is 6.61 Å². The molecule has 0 fully saturated rings. The van der Waals surface area contributed by atoms with Crippen LogP contribution in [0.4, 0.5) is 9.52 Å². The van der Waals surface area contributed by atoms with Crippen molar-refractivity contribution in [1.82, 2.24) is 4.98 Å². The maximum Gasteiger partial charge on any atom is 0.184 e. The van der Waals surface area contributed by atoms with Gasteiger partial charge in [-0.2, -0.15) is 0 Å². The number of rotatable bonds is 6. The Hall–Kier alpha value is -1.20. The molecule has 0 amide bonds. The van der Waals surface area contributed by atoms with Crippen molar-refractivity contribution in [2.24, 2.45) is 5.92 Å². The Kier molecular flexibility index (Phi) is 4.71. The van der Waals surface area contributed by atoms with Crippen LogP contribution in [-0.4, -0.2) is 24.2 Å². The minimum absolute atomic E-state index is 0.213. The number of nitrogens with one attached hydrogen (secondary N) is 1. The maximum absolute atomic E-state index is 13.1. The van der Waals surface area contributed by atoms with Gasteiger partial charge in [0.15, 0.2) is 5.13 Å². The van der Waals surface area contributed by atoms with Crippen molar-refractivity contribution in [2.45, 2.75) is 26.8 Å². The summed E-state index contributed by atoms with van der Waals surface area (Å²) in [4.78, 5) is 4.47. The summed E-state index contributed by atoms with van der Waals surface area (Å²) in [6.45, 7) is 7.62. The summed E-state index contributed by atoms with van der Waals surface area (Å²) in [5.41, 5.74) is 0.827. The molecule has 1 atom stereocenters. The van der Waals surface area contributed by atoms with Crippen molar-refractivity contribution in [1.29, 1.82) is 0 Å². The smallest absolute Gasteiger partial charge is 0.184 e. The van der Waals surface area contributed by atoms with E-state index in [0.29, 0.717) is 19.1 Å². The first-order chi connectivity index (χ1) is 9.10. The molecule has 1 unspecified atom stereocenters. The van der Waals surface area contributed by atoms with Crippen LogP contribution in [0.15, 0.2) is 18.2 Å². The molecule has 3 nitrogen and oxygen atoms in total. The summed E-state index contributed by atoms with van der Waals surface area (Å²) < 4.78 is 19.5. The van der Waals surface area contributed by atoms with E-state index in [1.807, 2.05) is 6.92 Å². The van der Waals surface area contributed by atoms with Crippen LogP contribution in [0.25, 0.3) is 10.2 Å². The Bertz CT molecular complexity index is 541.